The van der Waals surface area contributed by atoms with E-state index >= 15 is 0 Å². The third-order valence-corrected chi connectivity index (χ3v) is 12.1. The van der Waals surface area contributed by atoms with E-state index in [-0.39, 0.29) is 24.3 Å². The van der Waals surface area contributed by atoms with Gasteiger partial charge >= 0.3 is 0 Å². The fourth-order valence-electron chi connectivity index (χ4n) is 8.75. The number of carbonyl (C=O) groups is 5. The zero-order valence-corrected chi connectivity index (χ0v) is 32.3. The van der Waals surface area contributed by atoms with Crippen LogP contribution >= 0.6 is 0 Å². The SMILES string of the molecule is C[C@H]1CCCN1Cc1nc2ccc(NC(=O)c3ccc(-c4nnc(CCCC5CCN(c6ccc7c(c6)C(=O)N(C6CCC(=O)NC6=O)C7=O)CC5)o4)cc3)cc2[nH]1. The van der Waals surface area contributed by atoms with Gasteiger partial charge in [-0.3, -0.25) is 39.1 Å². The molecule has 3 aromatic carbocycles. The first-order chi connectivity index (χ1) is 28.2. The molecule has 15 heteroatoms. The van der Waals surface area contributed by atoms with Crippen LogP contribution in [0.4, 0.5) is 11.4 Å². The van der Waals surface area contributed by atoms with Gasteiger partial charge in [-0.15, -0.1) is 10.2 Å². The third kappa shape index (κ3) is 7.49. The van der Waals surface area contributed by atoms with Crippen molar-refractivity contribution in [3.05, 3.63) is 89.1 Å². The summed E-state index contributed by atoms with van der Waals surface area (Å²) in [6, 6.07) is 17.7. The Labute approximate surface area is 334 Å². The Bertz CT molecular complexity index is 2410. The number of imide groups is 2. The number of aryl methyl sites for hydroxylation is 1. The van der Waals surface area contributed by atoms with E-state index in [0.717, 1.165) is 84.9 Å². The average molecular weight is 784 g/mol. The van der Waals surface area contributed by atoms with Crippen LogP contribution in [0, 0.1) is 5.92 Å². The average Bonchev–Trinajstić information content (AvgIpc) is 4.02. The van der Waals surface area contributed by atoms with E-state index in [1.54, 1.807) is 24.3 Å². The number of nitrogens with one attached hydrogen (secondary N) is 3. The molecule has 0 spiro atoms. The van der Waals surface area contributed by atoms with Crippen molar-refractivity contribution in [2.75, 3.05) is 29.9 Å². The molecule has 4 aliphatic heterocycles. The highest BCUT2D eigenvalue weighted by molar-refractivity contribution is 6.23. The summed E-state index contributed by atoms with van der Waals surface area (Å²) in [6.07, 6.45) is 7.20. The molecule has 298 valence electrons. The van der Waals surface area contributed by atoms with Gasteiger partial charge in [0.1, 0.15) is 11.9 Å². The Morgan fingerprint density at radius 2 is 1.71 bits per heavy atom. The molecule has 3 fully saturated rings. The minimum atomic E-state index is -0.978. The van der Waals surface area contributed by atoms with Crippen LogP contribution in [0.2, 0.25) is 0 Å². The van der Waals surface area contributed by atoms with E-state index in [4.69, 9.17) is 9.40 Å². The first-order valence-corrected chi connectivity index (χ1v) is 20.2. The molecular weight excluding hydrogens is 739 g/mol. The zero-order chi connectivity index (χ0) is 39.9. The van der Waals surface area contributed by atoms with Crippen molar-refractivity contribution in [3.63, 3.8) is 0 Å². The predicted octanol–water partition coefficient (Wildman–Crippen LogP) is 5.49. The highest BCUT2D eigenvalue weighted by Gasteiger charge is 2.45. The number of carbonyl (C=O) groups excluding carboxylic acids is 5. The summed E-state index contributed by atoms with van der Waals surface area (Å²) in [4.78, 5) is 77.3. The minimum Gasteiger partial charge on any atom is -0.421 e. The lowest BCUT2D eigenvalue weighted by Gasteiger charge is -2.33. The minimum absolute atomic E-state index is 0.0869. The Morgan fingerprint density at radius 3 is 2.48 bits per heavy atom. The number of aromatic nitrogens is 4. The summed E-state index contributed by atoms with van der Waals surface area (Å²) in [5.74, 6) is 0.229. The smallest absolute Gasteiger partial charge is 0.262 e. The molecule has 0 bridgehead atoms. The predicted molar refractivity (Wildman–Crippen MR) is 214 cm³/mol. The number of aromatic amines is 1. The van der Waals surface area contributed by atoms with Crippen molar-refractivity contribution in [2.45, 2.75) is 83.3 Å². The van der Waals surface area contributed by atoms with Crippen LogP contribution in [0.15, 0.2) is 65.1 Å². The third-order valence-electron chi connectivity index (χ3n) is 12.1. The number of likely N-dealkylation sites (tertiary alicyclic amines) is 1. The molecule has 1 unspecified atom stereocenters. The molecule has 0 radical (unpaired) electrons. The van der Waals surface area contributed by atoms with Crippen LogP contribution in [0.3, 0.4) is 0 Å². The molecule has 5 amide bonds. The second-order valence-corrected chi connectivity index (χ2v) is 15.9. The molecule has 4 aliphatic rings. The summed E-state index contributed by atoms with van der Waals surface area (Å²) in [5, 5.41) is 13.8. The van der Waals surface area contributed by atoms with Crippen LogP contribution in [0.25, 0.3) is 22.5 Å². The molecule has 3 N–H and O–H groups in total. The van der Waals surface area contributed by atoms with Crippen LogP contribution in [0.5, 0.6) is 0 Å². The van der Waals surface area contributed by atoms with Gasteiger partial charge in [0.25, 0.3) is 17.7 Å². The lowest BCUT2D eigenvalue weighted by molar-refractivity contribution is -0.136. The lowest BCUT2D eigenvalue weighted by atomic mass is 9.91. The highest BCUT2D eigenvalue weighted by atomic mass is 16.4. The van der Waals surface area contributed by atoms with Crippen molar-refractivity contribution in [2.24, 2.45) is 5.92 Å². The topological polar surface area (TPSA) is 187 Å². The zero-order valence-electron chi connectivity index (χ0n) is 32.3. The monoisotopic (exact) mass is 783 g/mol. The summed E-state index contributed by atoms with van der Waals surface area (Å²) < 4.78 is 5.99. The van der Waals surface area contributed by atoms with Gasteiger partial charge < -0.3 is 19.6 Å². The number of amides is 5. The van der Waals surface area contributed by atoms with Gasteiger partial charge in [-0.25, -0.2) is 4.98 Å². The van der Waals surface area contributed by atoms with Crippen molar-refractivity contribution in [3.8, 4) is 11.5 Å². The second kappa shape index (κ2) is 15.6. The Kier molecular flexibility index (Phi) is 10.1. The highest BCUT2D eigenvalue weighted by Crippen LogP contribution is 2.33. The van der Waals surface area contributed by atoms with Gasteiger partial charge in [-0.2, -0.15) is 0 Å². The molecule has 2 atom stereocenters. The Balaban J connectivity index is 0.732. The number of hydrogen-bond acceptors (Lipinski definition) is 11. The fraction of sp³-hybridized carbons (Fsp3) is 0.395. The van der Waals surface area contributed by atoms with Crippen LogP contribution in [-0.2, 0) is 22.6 Å². The van der Waals surface area contributed by atoms with Crippen molar-refractivity contribution < 1.29 is 28.4 Å². The van der Waals surface area contributed by atoms with Gasteiger partial charge in [0.2, 0.25) is 23.6 Å². The number of nitrogens with zero attached hydrogens (tertiary/aromatic N) is 6. The standard InChI is InChI=1S/C43H45N9O6/c1-25-4-3-19-51(25)24-36-45-33-14-11-29(22-34(33)46-36)44-39(54)27-7-9-28(10-8-27)41-49-48-38(58-41)6-2-5-26-17-20-50(21-18-26)30-12-13-31-32(23-30)43(57)52(42(31)56)35-15-16-37(53)47-40(35)55/h7-14,22-23,25-26,35H,2-6,15-21,24H2,1H3,(H,44,54)(H,45,46)(H,47,53,55)/t25-,35?/m0/s1. The molecule has 15 nitrogen and oxygen atoms in total. The Morgan fingerprint density at radius 1 is 0.897 bits per heavy atom. The van der Waals surface area contributed by atoms with E-state index in [0.29, 0.717) is 47.0 Å². The quantitative estimate of drug-likeness (QED) is 0.144. The van der Waals surface area contributed by atoms with E-state index in [1.807, 2.05) is 36.4 Å². The fourth-order valence-corrected chi connectivity index (χ4v) is 8.75. The van der Waals surface area contributed by atoms with E-state index in [1.165, 1.54) is 12.8 Å². The van der Waals surface area contributed by atoms with E-state index < -0.39 is 29.7 Å². The van der Waals surface area contributed by atoms with Crippen molar-refractivity contribution in [1.82, 2.24) is 35.3 Å². The maximum Gasteiger partial charge on any atom is 0.262 e. The molecule has 6 heterocycles. The number of rotatable bonds is 11. The van der Waals surface area contributed by atoms with Crippen LogP contribution in [0.1, 0.15) is 101 Å². The number of benzene rings is 3. The van der Waals surface area contributed by atoms with Crippen LogP contribution < -0.4 is 15.5 Å². The first kappa shape index (κ1) is 37.4. The second-order valence-electron chi connectivity index (χ2n) is 15.9. The van der Waals surface area contributed by atoms with Crippen molar-refractivity contribution >= 4 is 51.9 Å². The molecule has 0 saturated carbocycles. The summed E-state index contributed by atoms with van der Waals surface area (Å²) in [7, 11) is 0. The number of piperidine rings is 2. The van der Waals surface area contributed by atoms with E-state index in [9.17, 15) is 24.0 Å². The molecule has 0 aliphatic carbocycles. The molecule has 3 saturated heterocycles. The Hall–Kier alpha value is -6.22. The maximum atomic E-state index is 13.3. The largest absolute Gasteiger partial charge is 0.421 e. The van der Waals surface area contributed by atoms with Gasteiger partial charge in [0.15, 0.2) is 0 Å². The molecule has 58 heavy (non-hydrogen) atoms. The number of imidazole rings is 1. The summed E-state index contributed by atoms with van der Waals surface area (Å²) >= 11 is 0. The number of H-pyrrole nitrogens is 1. The van der Waals surface area contributed by atoms with Crippen molar-refractivity contribution in [1.29, 1.82) is 0 Å². The summed E-state index contributed by atoms with van der Waals surface area (Å²) in [6.45, 7) is 5.78. The normalized spacial score (nSPS) is 20.3. The molecule has 5 aromatic rings. The maximum absolute atomic E-state index is 13.3. The van der Waals surface area contributed by atoms with Gasteiger partial charge in [0.05, 0.1) is 28.7 Å². The van der Waals surface area contributed by atoms with E-state index in [2.05, 4.69) is 42.5 Å². The van der Waals surface area contributed by atoms with Gasteiger partial charge in [-0.1, -0.05) is 0 Å². The summed E-state index contributed by atoms with van der Waals surface area (Å²) in [5.41, 5.74) is 5.17. The molecular formula is C43H45N9O6. The number of anilines is 2. The van der Waals surface area contributed by atoms with Gasteiger partial charge in [-0.05, 0) is 125 Å². The van der Waals surface area contributed by atoms with Gasteiger partial charge in [0, 0.05) is 54.5 Å². The lowest BCUT2D eigenvalue weighted by Crippen LogP contribution is -2.54. The first-order valence-electron chi connectivity index (χ1n) is 20.2. The molecule has 9 rings (SSSR count). The van der Waals surface area contributed by atoms with Crippen LogP contribution in [-0.4, -0.2) is 91.2 Å². The number of fused-ring (bicyclic) bond motifs is 2. The molecule has 2 aromatic heterocycles. The number of hydrogen-bond donors (Lipinski definition) is 3.